The summed E-state index contributed by atoms with van der Waals surface area (Å²) in [5.74, 6) is 3.02. The van der Waals surface area contributed by atoms with E-state index in [1.807, 2.05) is 24.3 Å². The lowest BCUT2D eigenvalue weighted by atomic mass is 9.91. The van der Waals surface area contributed by atoms with Crippen LogP contribution in [0.3, 0.4) is 0 Å². The van der Waals surface area contributed by atoms with E-state index in [0.29, 0.717) is 23.0 Å². The zero-order chi connectivity index (χ0) is 21.3. The van der Waals surface area contributed by atoms with Gasteiger partial charge in [-0.2, -0.15) is 0 Å². The minimum absolute atomic E-state index is 0.0702. The van der Waals surface area contributed by atoms with Gasteiger partial charge >= 0.3 is 5.97 Å². The first kappa shape index (κ1) is 19.9. The Labute approximate surface area is 175 Å². The lowest BCUT2D eigenvalue weighted by Crippen LogP contribution is -2.07. The third-order valence-corrected chi connectivity index (χ3v) is 5.22. The van der Waals surface area contributed by atoms with Crippen LogP contribution in [0.2, 0.25) is 0 Å². The van der Waals surface area contributed by atoms with Crippen LogP contribution in [0.5, 0.6) is 28.7 Å². The molecule has 0 fully saturated rings. The van der Waals surface area contributed by atoms with E-state index >= 15 is 0 Å². The molecular weight excluding hydrogens is 388 g/mol. The van der Waals surface area contributed by atoms with Gasteiger partial charge in [-0.1, -0.05) is 13.0 Å². The highest BCUT2D eigenvalue weighted by Gasteiger charge is 2.36. The van der Waals surface area contributed by atoms with Gasteiger partial charge in [0, 0.05) is 24.0 Å². The van der Waals surface area contributed by atoms with Crippen molar-refractivity contribution in [3.8, 4) is 28.7 Å². The molecule has 2 atom stereocenters. The first-order valence-electron chi connectivity index (χ1n) is 9.67. The Morgan fingerprint density at radius 2 is 1.87 bits per heavy atom. The molecule has 0 amide bonds. The zero-order valence-corrected chi connectivity index (χ0v) is 17.4. The second kappa shape index (κ2) is 8.18. The number of rotatable bonds is 6. The van der Waals surface area contributed by atoms with Gasteiger partial charge in [-0.3, -0.25) is 4.79 Å². The fourth-order valence-electron chi connectivity index (χ4n) is 3.77. The average Bonchev–Trinajstić information content (AvgIpc) is 3.34. The van der Waals surface area contributed by atoms with E-state index in [0.717, 1.165) is 22.4 Å². The average molecular weight is 412 g/mol. The predicted octanol–water partition coefficient (Wildman–Crippen LogP) is 4.25. The molecule has 0 unspecified atom stereocenters. The summed E-state index contributed by atoms with van der Waals surface area (Å²) in [7, 11) is 3.22. The highest BCUT2D eigenvalue weighted by atomic mass is 16.7. The topological polar surface area (TPSA) is 72.5 Å². The van der Waals surface area contributed by atoms with E-state index in [1.54, 1.807) is 20.3 Å². The first-order valence-corrected chi connectivity index (χ1v) is 9.67. The molecule has 0 bridgehead atoms. The Bertz CT molecular complexity index is 996. The number of fused-ring (bicyclic) bond motifs is 2. The molecule has 2 aliphatic heterocycles. The van der Waals surface area contributed by atoms with Crippen LogP contribution in [0, 0.1) is 0 Å². The van der Waals surface area contributed by atoms with Crippen LogP contribution >= 0.6 is 0 Å². The maximum absolute atomic E-state index is 10.9. The molecule has 0 radical (unpaired) electrons. The molecule has 158 valence electrons. The zero-order valence-electron chi connectivity index (χ0n) is 17.4. The van der Waals surface area contributed by atoms with E-state index < -0.39 is 0 Å². The van der Waals surface area contributed by atoms with Gasteiger partial charge in [0.1, 0.15) is 12.7 Å². The Hall–Kier alpha value is -3.35. The van der Waals surface area contributed by atoms with Crippen LogP contribution in [-0.2, 0) is 9.53 Å². The lowest BCUT2D eigenvalue weighted by molar-refractivity contribution is -0.139. The Morgan fingerprint density at radius 1 is 1.10 bits per heavy atom. The molecule has 7 heteroatoms. The summed E-state index contributed by atoms with van der Waals surface area (Å²) < 4.78 is 33.4. The minimum atomic E-state index is -0.310. The maximum Gasteiger partial charge on any atom is 0.302 e. The van der Waals surface area contributed by atoms with E-state index in [2.05, 4.69) is 13.0 Å². The van der Waals surface area contributed by atoms with E-state index in [1.165, 1.54) is 6.92 Å². The molecule has 30 heavy (non-hydrogen) atoms. The molecule has 2 heterocycles. The normalized spacial score (nSPS) is 18.8. The summed E-state index contributed by atoms with van der Waals surface area (Å²) in [6.45, 7) is 3.89. The molecule has 0 aliphatic carbocycles. The molecular formula is C23H24O7. The van der Waals surface area contributed by atoms with E-state index in [4.69, 9.17) is 28.4 Å². The van der Waals surface area contributed by atoms with Crippen LogP contribution in [0.25, 0.3) is 6.08 Å². The predicted molar refractivity (Wildman–Crippen MR) is 110 cm³/mol. The number of hydrogen-bond donors (Lipinski definition) is 0. The van der Waals surface area contributed by atoms with E-state index in [-0.39, 0.29) is 31.4 Å². The number of benzene rings is 2. The summed E-state index contributed by atoms with van der Waals surface area (Å²) in [5, 5.41) is 0. The lowest BCUT2D eigenvalue weighted by Gasteiger charge is -2.17. The molecule has 2 aromatic carbocycles. The second-order valence-electron chi connectivity index (χ2n) is 7.13. The summed E-state index contributed by atoms with van der Waals surface area (Å²) in [5.41, 5.74) is 2.93. The molecule has 7 nitrogen and oxygen atoms in total. The van der Waals surface area contributed by atoms with Crippen molar-refractivity contribution in [2.45, 2.75) is 25.9 Å². The van der Waals surface area contributed by atoms with Gasteiger partial charge in [-0.15, -0.1) is 0 Å². The highest BCUT2D eigenvalue weighted by molar-refractivity contribution is 5.66. The molecule has 0 saturated heterocycles. The van der Waals surface area contributed by atoms with Gasteiger partial charge in [-0.05, 0) is 35.9 Å². The van der Waals surface area contributed by atoms with Gasteiger partial charge in [-0.25, -0.2) is 0 Å². The summed E-state index contributed by atoms with van der Waals surface area (Å²) in [4.78, 5) is 10.9. The first-order chi connectivity index (χ1) is 14.5. The molecule has 0 spiro atoms. The number of carbonyl (C=O) groups is 1. The number of carbonyl (C=O) groups excluding carboxylic acids is 1. The smallest absolute Gasteiger partial charge is 0.302 e. The number of esters is 1. The van der Waals surface area contributed by atoms with Gasteiger partial charge in [0.15, 0.2) is 23.0 Å². The third kappa shape index (κ3) is 3.63. The van der Waals surface area contributed by atoms with Gasteiger partial charge in [0.25, 0.3) is 0 Å². The Balaban J connectivity index is 1.64. The Morgan fingerprint density at radius 3 is 2.60 bits per heavy atom. The van der Waals surface area contributed by atoms with Crippen molar-refractivity contribution in [1.29, 1.82) is 0 Å². The Kier molecular flexibility index (Phi) is 5.44. The SMILES string of the molecule is COc1cc([C@@H]2Oc3c(OC)cc(/C=C/COC(C)=O)cc3[C@H]2C)cc2c1OCO2. The van der Waals surface area contributed by atoms with E-state index in [9.17, 15) is 4.79 Å². The standard InChI is InChI=1S/C23H24O7/c1-13-17-8-15(6-5-7-27-14(2)24)9-18(25-3)22(17)30-21(13)16-10-19(26-4)23-20(11-16)28-12-29-23/h5-6,8-11,13,21H,7,12H2,1-4H3/b6-5+/t13-,21-/m1/s1. The molecule has 4 rings (SSSR count). The van der Waals surface area contributed by atoms with Crippen molar-refractivity contribution >= 4 is 12.0 Å². The molecule has 2 aliphatic rings. The fourth-order valence-corrected chi connectivity index (χ4v) is 3.77. The molecule has 0 aromatic heterocycles. The summed E-state index contributed by atoms with van der Waals surface area (Å²) in [6, 6.07) is 7.83. The molecule has 0 N–H and O–H groups in total. The van der Waals surface area contributed by atoms with Crippen molar-refractivity contribution < 1.29 is 33.2 Å². The third-order valence-electron chi connectivity index (χ3n) is 5.22. The van der Waals surface area contributed by atoms with Gasteiger partial charge < -0.3 is 28.4 Å². The monoisotopic (exact) mass is 412 g/mol. The van der Waals surface area contributed by atoms with Crippen molar-refractivity contribution in [2.24, 2.45) is 0 Å². The largest absolute Gasteiger partial charge is 0.493 e. The highest BCUT2D eigenvalue weighted by Crippen LogP contribution is 2.53. The van der Waals surface area contributed by atoms with Crippen LogP contribution in [0.4, 0.5) is 0 Å². The van der Waals surface area contributed by atoms with Gasteiger partial charge in [0.2, 0.25) is 12.5 Å². The van der Waals surface area contributed by atoms with Gasteiger partial charge in [0.05, 0.1) is 14.2 Å². The fraction of sp³-hybridized carbons (Fsp3) is 0.348. The van der Waals surface area contributed by atoms with Crippen molar-refractivity contribution in [3.63, 3.8) is 0 Å². The second-order valence-corrected chi connectivity index (χ2v) is 7.13. The minimum Gasteiger partial charge on any atom is -0.493 e. The van der Waals surface area contributed by atoms with Crippen molar-refractivity contribution in [1.82, 2.24) is 0 Å². The quantitative estimate of drug-likeness (QED) is 0.657. The summed E-state index contributed by atoms with van der Waals surface area (Å²) in [6.07, 6.45) is 3.47. The molecule has 2 aromatic rings. The number of hydrogen-bond acceptors (Lipinski definition) is 7. The van der Waals surface area contributed by atoms with Crippen LogP contribution in [0.15, 0.2) is 30.3 Å². The molecule has 0 saturated carbocycles. The summed E-state index contributed by atoms with van der Waals surface area (Å²) >= 11 is 0. The van der Waals surface area contributed by atoms with Crippen LogP contribution in [0.1, 0.15) is 42.6 Å². The van der Waals surface area contributed by atoms with Crippen molar-refractivity contribution in [3.05, 3.63) is 47.0 Å². The van der Waals surface area contributed by atoms with Crippen LogP contribution < -0.4 is 23.7 Å². The van der Waals surface area contributed by atoms with Crippen LogP contribution in [-0.4, -0.2) is 33.6 Å². The maximum atomic E-state index is 10.9. The van der Waals surface area contributed by atoms with Crippen molar-refractivity contribution in [2.75, 3.05) is 27.6 Å². The number of methoxy groups -OCH3 is 2. The number of ether oxygens (including phenoxy) is 6.